The first kappa shape index (κ1) is 12.8. The van der Waals surface area contributed by atoms with Gasteiger partial charge in [0.15, 0.2) is 0 Å². The number of rotatable bonds is 2. The van der Waals surface area contributed by atoms with Crippen LogP contribution in [-0.4, -0.2) is 27.3 Å². The minimum Gasteiger partial charge on any atom is -0.332 e. The monoisotopic (exact) mass is 301 g/mol. The number of thiazole rings is 1. The molecule has 2 aliphatic rings. The number of pyridine rings is 1. The molecule has 0 spiro atoms. The summed E-state index contributed by atoms with van der Waals surface area (Å²) in [4.78, 5) is 33.3. The van der Waals surface area contributed by atoms with Gasteiger partial charge in [0.25, 0.3) is 11.5 Å². The Morgan fingerprint density at radius 2 is 2.29 bits per heavy atom. The summed E-state index contributed by atoms with van der Waals surface area (Å²) in [5.41, 5.74) is 2.18. The molecule has 0 aromatic carbocycles. The molecule has 3 heterocycles. The lowest BCUT2D eigenvalue weighted by Gasteiger charge is -2.27. The second-order valence-electron chi connectivity index (χ2n) is 5.63. The molecule has 1 aliphatic carbocycles. The average molecular weight is 301 g/mol. The third kappa shape index (κ3) is 2.29. The third-order valence-corrected chi connectivity index (χ3v) is 5.12. The Bertz CT molecular complexity index is 760. The first-order valence-electron chi connectivity index (χ1n) is 7.16. The van der Waals surface area contributed by atoms with E-state index < -0.39 is 0 Å². The van der Waals surface area contributed by atoms with Crippen LogP contribution in [0.15, 0.2) is 22.4 Å². The van der Waals surface area contributed by atoms with E-state index in [0.29, 0.717) is 30.3 Å². The molecule has 1 aliphatic heterocycles. The van der Waals surface area contributed by atoms with Gasteiger partial charge in [-0.2, -0.15) is 0 Å². The molecule has 0 radical (unpaired) electrons. The molecule has 0 unspecified atom stereocenters. The zero-order valence-corrected chi connectivity index (χ0v) is 12.3. The molecule has 6 heteroatoms. The molecule has 5 nitrogen and oxygen atoms in total. The lowest BCUT2D eigenvalue weighted by Crippen LogP contribution is -2.38. The molecule has 0 saturated heterocycles. The second kappa shape index (κ2) is 4.80. The highest BCUT2D eigenvalue weighted by Crippen LogP contribution is 2.41. The molecule has 2 aromatic heterocycles. The van der Waals surface area contributed by atoms with E-state index in [1.165, 1.54) is 12.8 Å². The summed E-state index contributed by atoms with van der Waals surface area (Å²) in [6.07, 6.45) is 4.77. The number of carbonyl (C=O) groups excluding carboxylic acids is 1. The van der Waals surface area contributed by atoms with E-state index in [1.54, 1.807) is 22.4 Å². The van der Waals surface area contributed by atoms with Gasteiger partial charge in [0, 0.05) is 29.6 Å². The molecule has 0 atom stereocenters. The van der Waals surface area contributed by atoms with Gasteiger partial charge < -0.3 is 9.88 Å². The third-order valence-electron chi connectivity index (χ3n) is 4.12. The van der Waals surface area contributed by atoms with E-state index in [1.807, 2.05) is 11.4 Å². The van der Waals surface area contributed by atoms with E-state index in [9.17, 15) is 9.59 Å². The molecule has 1 saturated carbocycles. The van der Waals surface area contributed by atoms with Crippen LogP contribution in [-0.2, 0) is 13.0 Å². The van der Waals surface area contributed by atoms with Crippen molar-refractivity contribution >= 4 is 17.2 Å². The van der Waals surface area contributed by atoms with Crippen molar-refractivity contribution in [3.05, 3.63) is 49.8 Å². The van der Waals surface area contributed by atoms with Gasteiger partial charge in [-0.05, 0) is 30.9 Å². The Balaban J connectivity index is 1.57. The number of amides is 1. The highest BCUT2D eigenvalue weighted by molar-refractivity contribution is 7.10. The average Bonchev–Trinajstić information content (AvgIpc) is 3.24. The number of aromatic nitrogens is 2. The molecule has 1 N–H and O–H groups in total. The number of carbonyl (C=O) groups is 1. The number of fused-ring (bicyclic) bond motifs is 1. The van der Waals surface area contributed by atoms with E-state index in [4.69, 9.17) is 0 Å². The van der Waals surface area contributed by atoms with Crippen molar-refractivity contribution in [2.45, 2.75) is 31.7 Å². The quantitative estimate of drug-likeness (QED) is 0.921. The summed E-state index contributed by atoms with van der Waals surface area (Å²) >= 11 is 1.57. The van der Waals surface area contributed by atoms with Gasteiger partial charge in [0.1, 0.15) is 5.69 Å². The lowest BCUT2D eigenvalue weighted by atomic mass is 10.0. The molecular weight excluding hydrogens is 286 g/mol. The number of hydrogen-bond acceptors (Lipinski definition) is 4. The molecule has 1 amide bonds. The van der Waals surface area contributed by atoms with Gasteiger partial charge >= 0.3 is 0 Å². The largest absolute Gasteiger partial charge is 0.332 e. The molecule has 4 rings (SSSR count). The van der Waals surface area contributed by atoms with Gasteiger partial charge in [-0.15, -0.1) is 11.3 Å². The van der Waals surface area contributed by atoms with Crippen molar-refractivity contribution in [3.8, 4) is 0 Å². The van der Waals surface area contributed by atoms with Crippen molar-refractivity contribution in [1.82, 2.24) is 14.9 Å². The van der Waals surface area contributed by atoms with Crippen LogP contribution in [0.3, 0.4) is 0 Å². The molecule has 21 heavy (non-hydrogen) atoms. The maximum Gasteiger partial charge on any atom is 0.273 e. The van der Waals surface area contributed by atoms with Crippen LogP contribution < -0.4 is 5.56 Å². The zero-order chi connectivity index (χ0) is 14.4. The second-order valence-corrected chi connectivity index (χ2v) is 6.52. The van der Waals surface area contributed by atoms with Gasteiger partial charge in [-0.25, -0.2) is 4.98 Å². The van der Waals surface area contributed by atoms with Gasteiger partial charge in [-0.3, -0.25) is 9.59 Å². The van der Waals surface area contributed by atoms with Crippen molar-refractivity contribution in [1.29, 1.82) is 0 Å². The fourth-order valence-corrected chi connectivity index (χ4v) is 3.69. The molecule has 2 aromatic rings. The highest BCUT2D eigenvalue weighted by Gasteiger charge is 2.29. The maximum atomic E-state index is 12.5. The smallest absolute Gasteiger partial charge is 0.273 e. The number of nitrogens with one attached hydrogen (secondary N) is 1. The lowest BCUT2D eigenvalue weighted by molar-refractivity contribution is 0.0728. The van der Waals surface area contributed by atoms with Crippen LogP contribution >= 0.6 is 11.3 Å². The molecular formula is C15H15N3O2S. The number of H-pyrrole nitrogens is 1. The van der Waals surface area contributed by atoms with Crippen molar-refractivity contribution in [3.63, 3.8) is 0 Å². The standard InChI is InChI=1S/C15H15N3O2S/c19-13-11-7-18(6-4-9(11)3-5-16-13)15(20)12-8-21-14(17-12)10-1-2-10/h3,5,8,10H,1-2,4,6-7H2,(H,16,19). The highest BCUT2D eigenvalue weighted by atomic mass is 32.1. The summed E-state index contributed by atoms with van der Waals surface area (Å²) < 4.78 is 0. The van der Waals surface area contributed by atoms with E-state index >= 15 is 0 Å². The summed E-state index contributed by atoms with van der Waals surface area (Å²) in [5, 5.41) is 2.93. The minimum atomic E-state index is -0.0954. The van der Waals surface area contributed by atoms with Crippen LogP contribution in [0, 0.1) is 0 Å². The van der Waals surface area contributed by atoms with Crippen LogP contribution in [0.4, 0.5) is 0 Å². The first-order chi connectivity index (χ1) is 10.2. The Morgan fingerprint density at radius 1 is 1.43 bits per heavy atom. The Hall–Kier alpha value is -1.95. The topological polar surface area (TPSA) is 66.1 Å². The van der Waals surface area contributed by atoms with Gasteiger partial charge in [0.2, 0.25) is 0 Å². The fraction of sp³-hybridized carbons (Fsp3) is 0.400. The van der Waals surface area contributed by atoms with E-state index in [2.05, 4.69) is 9.97 Å². The summed E-state index contributed by atoms with van der Waals surface area (Å²) in [5.74, 6) is 0.508. The Labute approximate surface area is 125 Å². The molecule has 108 valence electrons. The van der Waals surface area contributed by atoms with E-state index in [0.717, 1.165) is 17.0 Å². The Morgan fingerprint density at radius 3 is 3.10 bits per heavy atom. The predicted molar refractivity (Wildman–Crippen MR) is 79.6 cm³/mol. The van der Waals surface area contributed by atoms with Crippen LogP contribution in [0.25, 0.3) is 0 Å². The van der Waals surface area contributed by atoms with Crippen molar-refractivity contribution in [2.75, 3.05) is 6.54 Å². The fourth-order valence-electron chi connectivity index (χ4n) is 2.72. The van der Waals surface area contributed by atoms with Crippen LogP contribution in [0.1, 0.15) is 45.4 Å². The minimum absolute atomic E-state index is 0.0629. The normalized spacial score (nSPS) is 17.6. The molecule has 0 bridgehead atoms. The van der Waals surface area contributed by atoms with Crippen molar-refractivity contribution < 1.29 is 4.79 Å². The summed E-state index contributed by atoms with van der Waals surface area (Å²) in [6, 6.07) is 1.92. The molecule has 1 fully saturated rings. The number of aromatic amines is 1. The number of hydrogen-bond donors (Lipinski definition) is 1. The van der Waals surface area contributed by atoms with Crippen LogP contribution in [0.2, 0.25) is 0 Å². The number of nitrogens with zero attached hydrogens (tertiary/aromatic N) is 2. The zero-order valence-electron chi connectivity index (χ0n) is 11.5. The summed E-state index contributed by atoms with van der Waals surface area (Å²) in [6.45, 7) is 1.02. The SMILES string of the molecule is O=C(c1csc(C2CC2)n1)N1CCc2cc[nH]c(=O)c2C1. The Kier molecular flexibility index (Phi) is 2.92. The van der Waals surface area contributed by atoms with Gasteiger partial charge in [-0.1, -0.05) is 0 Å². The maximum absolute atomic E-state index is 12.5. The van der Waals surface area contributed by atoms with Crippen LogP contribution in [0.5, 0.6) is 0 Å². The van der Waals surface area contributed by atoms with Gasteiger partial charge in [0.05, 0.1) is 11.6 Å². The van der Waals surface area contributed by atoms with E-state index in [-0.39, 0.29) is 11.5 Å². The first-order valence-corrected chi connectivity index (χ1v) is 8.04. The predicted octanol–water partition coefficient (Wildman–Crippen LogP) is 1.91. The van der Waals surface area contributed by atoms with Crippen molar-refractivity contribution in [2.24, 2.45) is 0 Å². The summed E-state index contributed by atoms with van der Waals surface area (Å²) in [7, 11) is 0.